The zero-order valence-corrected chi connectivity index (χ0v) is 15.5. The van der Waals surface area contributed by atoms with E-state index in [4.69, 9.17) is 14.5 Å². The molecule has 0 bridgehead atoms. The Morgan fingerprint density at radius 2 is 1.69 bits per heavy atom. The van der Waals surface area contributed by atoms with Crippen LogP contribution in [0.3, 0.4) is 0 Å². The molecule has 0 aliphatic heterocycles. The molecule has 6 nitrogen and oxygen atoms in total. The van der Waals surface area contributed by atoms with Crippen molar-refractivity contribution >= 4 is 16.7 Å². The summed E-state index contributed by atoms with van der Waals surface area (Å²) in [6.45, 7) is 0.548. The van der Waals surface area contributed by atoms with Crippen LogP contribution in [0.25, 0.3) is 33.6 Å². The van der Waals surface area contributed by atoms with E-state index < -0.39 is 0 Å². The molecule has 3 aromatic heterocycles. The maximum absolute atomic E-state index is 5.29. The Hall–Kier alpha value is -4.06. The molecule has 6 heteroatoms. The lowest BCUT2D eigenvalue weighted by atomic mass is 10.0. The molecule has 5 rings (SSSR count). The average Bonchev–Trinajstić information content (AvgIpc) is 3.33. The van der Waals surface area contributed by atoms with E-state index in [1.165, 1.54) is 0 Å². The smallest absolute Gasteiger partial charge is 0.204 e. The Morgan fingerprint density at radius 1 is 0.793 bits per heavy atom. The summed E-state index contributed by atoms with van der Waals surface area (Å²) in [5, 5.41) is 8.18. The Morgan fingerprint density at radius 3 is 2.48 bits per heavy atom. The van der Waals surface area contributed by atoms with Crippen LogP contribution in [-0.2, 0) is 6.54 Å². The third-order valence-electron chi connectivity index (χ3n) is 4.63. The molecule has 1 N–H and O–H groups in total. The van der Waals surface area contributed by atoms with Crippen molar-refractivity contribution in [3.63, 3.8) is 0 Å². The van der Waals surface area contributed by atoms with Gasteiger partial charge in [-0.05, 0) is 29.3 Å². The monoisotopic (exact) mass is 379 g/mol. The van der Waals surface area contributed by atoms with E-state index in [-0.39, 0.29) is 0 Å². The Bertz CT molecular complexity index is 1240. The van der Waals surface area contributed by atoms with Crippen molar-refractivity contribution in [2.75, 3.05) is 5.32 Å². The minimum Gasteiger partial charge on any atom is -0.364 e. The molecule has 0 aliphatic carbocycles. The first-order valence-electron chi connectivity index (χ1n) is 9.29. The van der Waals surface area contributed by atoms with E-state index in [2.05, 4.69) is 33.7 Å². The Labute approximate surface area is 167 Å². The molecule has 0 saturated carbocycles. The van der Waals surface area contributed by atoms with E-state index in [1.807, 2.05) is 48.5 Å². The summed E-state index contributed by atoms with van der Waals surface area (Å²) in [5.41, 5.74) is 3.93. The van der Waals surface area contributed by atoms with Gasteiger partial charge in [0.05, 0.1) is 29.3 Å². The van der Waals surface area contributed by atoms with E-state index in [9.17, 15) is 0 Å². The Kier molecular flexibility index (Phi) is 4.42. The molecule has 5 aromatic rings. The molecule has 0 spiro atoms. The zero-order valence-electron chi connectivity index (χ0n) is 15.5. The van der Waals surface area contributed by atoms with Gasteiger partial charge >= 0.3 is 0 Å². The number of aromatic nitrogens is 4. The number of hydrogen-bond donors (Lipinski definition) is 1. The fourth-order valence-electron chi connectivity index (χ4n) is 3.29. The quantitative estimate of drug-likeness (QED) is 0.465. The second-order valence-electron chi connectivity index (χ2n) is 6.51. The number of nitrogens with one attached hydrogen (secondary N) is 1. The first-order chi connectivity index (χ1) is 14.4. The summed E-state index contributed by atoms with van der Waals surface area (Å²) in [6.07, 6.45) is 3.37. The largest absolute Gasteiger partial charge is 0.364 e. The van der Waals surface area contributed by atoms with Gasteiger partial charge in [0.2, 0.25) is 11.6 Å². The molecule has 29 heavy (non-hydrogen) atoms. The molecule has 0 radical (unpaired) electrons. The summed E-state index contributed by atoms with van der Waals surface area (Å²) in [4.78, 5) is 13.9. The highest BCUT2D eigenvalue weighted by atomic mass is 16.5. The Balaban J connectivity index is 1.68. The molecular weight excluding hydrogens is 362 g/mol. The SMILES string of the molecule is c1ccc(-c2cccc3nc(-c4ccno4)nc(NCc4ccccn4)c23)cc1. The summed E-state index contributed by atoms with van der Waals surface area (Å²) in [6, 6.07) is 23.9. The highest BCUT2D eigenvalue weighted by Gasteiger charge is 2.15. The second-order valence-corrected chi connectivity index (χ2v) is 6.51. The fraction of sp³-hybridized carbons (Fsp3) is 0.0435. The van der Waals surface area contributed by atoms with Crippen LogP contribution in [0, 0.1) is 0 Å². The molecule has 3 heterocycles. The topological polar surface area (TPSA) is 76.7 Å². The summed E-state index contributed by atoms with van der Waals surface area (Å²) in [5.74, 6) is 1.74. The second kappa shape index (κ2) is 7.52. The fourth-order valence-corrected chi connectivity index (χ4v) is 3.29. The molecular formula is C23H17N5O. The lowest BCUT2D eigenvalue weighted by Crippen LogP contribution is -2.06. The lowest BCUT2D eigenvalue weighted by Gasteiger charge is -2.13. The molecule has 0 amide bonds. The number of hydrogen-bond acceptors (Lipinski definition) is 6. The molecule has 0 aliphatic rings. The van der Waals surface area contributed by atoms with Gasteiger partial charge in [-0.1, -0.05) is 53.7 Å². The van der Waals surface area contributed by atoms with E-state index in [0.29, 0.717) is 18.1 Å². The van der Waals surface area contributed by atoms with Gasteiger partial charge in [0.25, 0.3) is 0 Å². The van der Waals surface area contributed by atoms with Crippen LogP contribution in [0.5, 0.6) is 0 Å². The van der Waals surface area contributed by atoms with Crippen LogP contribution in [0.2, 0.25) is 0 Å². The van der Waals surface area contributed by atoms with Gasteiger partial charge in [0.15, 0.2) is 0 Å². The van der Waals surface area contributed by atoms with Gasteiger partial charge < -0.3 is 9.84 Å². The van der Waals surface area contributed by atoms with Crippen molar-refractivity contribution < 1.29 is 4.52 Å². The average molecular weight is 379 g/mol. The normalized spacial score (nSPS) is 10.9. The number of pyridine rings is 1. The third-order valence-corrected chi connectivity index (χ3v) is 4.63. The number of nitrogens with zero attached hydrogens (tertiary/aromatic N) is 4. The first kappa shape index (κ1) is 17.1. The van der Waals surface area contributed by atoms with Crippen LogP contribution in [0.4, 0.5) is 5.82 Å². The summed E-state index contributed by atoms with van der Waals surface area (Å²) >= 11 is 0. The van der Waals surface area contributed by atoms with Crippen LogP contribution >= 0.6 is 0 Å². The summed E-state index contributed by atoms with van der Waals surface area (Å²) in [7, 11) is 0. The van der Waals surface area contributed by atoms with Crippen molar-refractivity contribution in [1.29, 1.82) is 0 Å². The number of rotatable bonds is 5. The highest BCUT2D eigenvalue weighted by Crippen LogP contribution is 2.34. The molecule has 0 unspecified atom stereocenters. The number of fused-ring (bicyclic) bond motifs is 1. The van der Waals surface area contributed by atoms with Gasteiger partial charge in [0.1, 0.15) is 5.82 Å². The van der Waals surface area contributed by atoms with E-state index in [1.54, 1.807) is 18.5 Å². The summed E-state index contributed by atoms with van der Waals surface area (Å²) < 4.78 is 5.29. The number of benzene rings is 2. The van der Waals surface area contributed by atoms with Gasteiger partial charge in [-0.2, -0.15) is 0 Å². The van der Waals surface area contributed by atoms with Gasteiger partial charge in [-0.3, -0.25) is 4.98 Å². The minimum absolute atomic E-state index is 0.490. The predicted octanol–water partition coefficient (Wildman–Crippen LogP) is 4.96. The zero-order chi connectivity index (χ0) is 19.5. The van der Waals surface area contributed by atoms with Crippen LogP contribution in [0.1, 0.15) is 5.69 Å². The van der Waals surface area contributed by atoms with Crippen LogP contribution < -0.4 is 5.32 Å². The molecule has 0 atom stereocenters. The molecule has 140 valence electrons. The standard InChI is InChI=1S/C23H17N5O/c1-2-7-16(8-3-1)18-10-6-11-19-21(18)23(25-15-17-9-4-5-13-24-17)28-22(27-19)20-12-14-26-29-20/h1-14H,15H2,(H,25,27,28). The van der Waals surface area contributed by atoms with E-state index in [0.717, 1.165) is 33.5 Å². The maximum atomic E-state index is 5.29. The first-order valence-corrected chi connectivity index (χ1v) is 9.29. The predicted molar refractivity (Wildman–Crippen MR) is 112 cm³/mol. The third kappa shape index (κ3) is 3.43. The lowest BCUT2D eigenvalue weighted by molar-refractivity contribution is 0.430. The number of anilines is 1. The van der Waals surface area contributed by atoms with Crippen molar-refractivity contribution in [2.24, 2.45) is 0 Å². The van der Waals surface area contributed by atoms with Crippen molar-refractivity contribution in [1.82, 2.24) is 20.1 Å². The van der Waals surface area contributed by atoms with Crippen molar-refractivity contribution in [3.05, 3.63) is 90.9 Å². The van der Waals surface area contributed by atoms with Crippen molar-refractivity contribution in [3.8, 4) is 22.7 Å². The van der Waals surface area contributed by atoms with Crippen LogP contribution in [-0.4, -0.2) is 20.1 Å². The van der Waals surface area contributed by atoms with Crippen LogP contribution in [0.15, 0.2) is 89.7 Å². The van der Waals surface area contributed by atoms with E-state index >= 15 is 0 Å². The molecule has 0 saturated heterocycles. The van der Waals surface area contributed by atoms with Gasteiger partial charge in [-0.15, -0.1) is 0 Å². The molecule has 2 aromatic carbocycles. The minimum atomic E-state index is 0.490. The molecule has 0 fully saturated rings. The van der Waals surface area contributed by atoms with Gasteiger partial charge in [0, 0.05) is 12.3 Å². The van der Waals surface area contributed by atoms with Gasteiger partial charge in [-0.25, -0.2) is 9.97 Å². The maximum Gasteiger partial charge on any atom is 0.204 e. The van der Waals surface area contributed by atoms with Crippen molar-refractivity contribution in [2.45, 2.75) is 6.54 Å². The highest BCUT2D eigenvalue weighted by molar-refractivity contribution is 6.02.